The van der Waals surface area contributed by atoms with Gasteiger partial charge in [0.2, 0.25) is 0 Å². The molecule has 0 spiro atoms. The average Bonchev–Trinajstić information content (AvgIpc) is 2.80. The predicted molar refractivity (Wildman–Crippen MR) is 79.0 cm³/mol. The van der Waals surface area contributed by atoms with Crippen LogP contribution in [0.4, 0.5) is 0 Å². The number of ether oxygens (including phenoxy) is 2. The third-order valence-electron chi connectivity index (χ3n) is 2.80. The highest BCUT2D eigenvalue weighted by molar-refractivity contribution is 7.13. The van der Waals surface area contributed by atoms with E-state index < -0.39 is 0 Å². The van der Waals surface area contributed by atoms with E-state index in [9.17, 15) is 4.79 Å². The van der Waals surface area contributed by atoms with E-state index in [0.717, 1.165) is 21.3 Å². The molecule has 2 aromatic rings. The standard InChI is InChI=1S/C15H17NO3S/c1-10-15(11(2)17)20-14(16-10)8-9-19-13-7-5-4-6-12(13)18-3/h4-7H,8-9H2,1-3H3. The lowest BCUT2D eigenvalue weighted by Gasteiger charge is -2.09. The SMILES string of the molecule is COc1ccccc1OCCc1nc(C)c(C(C)=O)s1. The van der Waals surface area contributed by atoms with Crippen LogP contribution in [-0.4, -0.2) is 24.5 Å². The maximum Gasteiger partial charge on any atom is 0.171 e. The highest BCUT2D eigenvalue weighted by Crippen LogP contribution is 2.26. The Morgan fingerprint density at radius 3 is 2.60 bits per heavy atom. The lowest BCUT2D eigenvalue weighted by molar-refractivity contribution is 0.102. The van der Waals surface area contributed by atoms with Crippen molar-refractivity contribution >= 4 is 17.1 Å². The Balaban J connectivity index is 1.96. The van der Waals surface area contributed by atoms with Crippen LogP contribution in [0.2, 0.25) is 0 Å². The number of para-hydroxylation sites is 2. The summed E-state index contributed by atoms with van der Waals surface area (Å²) >= 11 is 1.44. The first kappa shape index (κ1) is 14.5. The van der Waals surface area contributed by atoms with Crippen LogP contribution in [0.3, 0.4) is 0 Å². The van der Waals surface area contributed by atoms with Crippen molar-refractivity contribution in [3.63, 3.8) is 0 Å². The summed E-state index contributed by atoms with van der Waals surface area (Å²) in [5.41, 5.74) is 0.801. The Morgan fingerprint density at radius 1 is 1.30 bits per heavy atom. The van der Waals surface area contributed by atoms with Crippen molar-refractivity contribution in [3.8, 4) is 11.5 Å². The number of aryl methyl sites for hydroxylation is 1. The van der Waals surface area contributed by atoms with Crippen LogP contribution < -0.4 is 9.47 Å². The molecule has 0 aliphatic rings. The van der Waals surface area contributed by atoms with Gasteiger partial charge in [0, 0.05) is 13.3 Å². The van der Waals surface area contributed by atoms with Crippen LogP contribution in [-0.2, 0) is 6.42 Å². The molecule has 0 fully saturated rings. The number of carbonyl (C=O) groups excluding carboxylic acids is 1. The average molecular weight is 291 g/mol. The van der Waals surface area contributed by atoms with E-state index in [1.807, 2.05) is 31.2 Å². The molecule has 0 radical (unpaired) electrons. The van der Waals surface area contributed by atoms with E-state index >= 15 is 0 Å². The normalized spacial score (nSPS) is 10.3. The summed E-state index contributed by atoms with van der Waals surface area (Å²) < 4.78 is 10.9. The maximum absolute atomic E-state index is 11.4. The van der Waals surface area contributed by atoms with Crippen LogP contribution in [0, 0.1) is 6.92 Å². The minimum Gasteiger partial charge on any atom is -0.493 e. The Labute approximate surface area is 122 Å². The zero-order chi connectivity index (χ0) is 14.5. The number of ketones is 1. The van der Waals surface area contributed by atoms with Crippen molar-refractivity contribution in [2.75, 3.05) is 13.7 Å². The molecule has 106 valence electrons. The van der Waals surface area contributed by atoms with Gasteiger partial charge in [-0.25, -0.2) is 4.98 Å². The van der Waals surface area contributed by atoms with Gasteiger partial charge in [-0.2, -0.15) is 0 Å². The quantitative estimate of drug-likeness (QED) is 0.766. The summed E-state index contributed by atoms with van der Waals surface area (Å²) in [6, 6.07) is 7.53. The second-order valence-electron chi connectivity index (χ2n) is 4.33. The minimum absolute atomic E-state index is 0.0666. The lowest BCUT2D eigenvalue weighted by atomic mass is 10.3. The maximum atomic E-state index is 11.4. The van der Waals surface area contributed by atoms with Crippen molar-refractivity contribution in [2.24, 2.45) is 0 Å². The van der Waals surface area contributed by atoms with Gasteiger partial charge in [0.05, 0.1) is 29.3 Å². The molecule has 0 atom stereocenters. The molecule has 0 saturated carbocycles. The molecule has 0 amide bonds. The molecule has 2 rings (SSSR count). The van der Waals surface area contributed by atoms with Crippen LogP contribution in [0.1, 0.15) is 27.3 Å². The summed E-state index contributed by atoms with van der Waals surface area (Å²) in [5, 5.41) is 0.919. The molecule has 0 N–H and O–H groups in total. The summed E-state index contributed by atoms with van der Waals surface area (Å²) in [7, 11) is 1.62. The number of aromatic nitrogens is 1. The first-order chi connectivity index (χ1) is 9.61. The van der Waals surface area contributed by atoms with Gasteiger partial charge in [-0.15, -0.1) is 11.3 Å². The van der Waals surface area contributed by atoms with E-state index in [1.165, 1.54) is 11.3 Å². The fraction of sp³-hybridized carbons (Fsp3) is 0.333. The molecule has 0 unspecified atom stereocenters. The molecule has 0 bridgehead atoms. The lowest BCUT2D eigenvalue weighted by Crippen LogP contribution is -2.02. The number of hydrogen-bond donors (Lipinski definition) is 0. The van der Waals surface area contributed by atoms with Gasteiger partial charge in [0.15, 0.2) is 17.3 Å². The number of hydrogen-bond acceptors (Lipinski definition) is 5. The van der Waals surface area contributed by atoms with Crippen molar-refractivity contribution in [2.45, 2.75) is 20.3 Å². The van der Waals surface area contributed by atoms with Crippen molar-refractivity contribution in [3.05, 3.63) is 39.8 Å². The van der Waals surface area contributed by atoms with Crippen LogP contribution >= 0.6 is 11.3 Å². The minimum atomic E-state index is 0.0666. The third kappa shape index (κ3) is 3.36. The number of thiazole rings is 1. The van der Waals surface area contributed by atoms with Crippen LogP contribution in [0.25, 0.3) is 0 Å². The summed E-state index contributed by atoms with van der Waals surface area (Å²) in [6.45, 7) is 3.93. The van der Waals surface area contributed by atoms with Gasteiger partial charge >= 0.3 is 0 Å². The number of Topliss-reactive ketones (excluding diaryl/α,β-unsaturated/α-hetero) is 1. The number of rotatable bonds is 6. The molecule has 1 heterocycles. The number of benzene rings is 1. The van der Waals surface area contributed by atoms with Gasteiger partial charge in [-0.1, -0.05) is 12.1 Å². The summed E-state index contributed by atoms with van der Waals surface area (Å²) in [6.07, 6.45) is 0.677. The predicted octanol–water partition coefficient (Wildman–Crippen LogP) is 3.28. The fourth-order valence-electron chi connectivity index (χ4n) is 1.87. The summed E-state index contributed by atoms with van der Waals surface area (Å²) in [4.78, 5) is 16.5. The molecular formula is C15H17NO3S. The highest BCUT2D eigenvalue weighted by atomic mass is 32.1. The second kappa shape index (κ2) is 6.52. The van der Waals surface area contributed by atoms with Crippen molar-refractivity contribution in [1.82, 2.24) is 4.98 Å². The Bertz CT molecular complexity index is 607. The number of nitrogens with zero attached hydrogens (tertiary/aromatic N) is 1. The number of carbonyl (C=O) groups is 1. The van der Waals surface area contributed by atoms with Gasteiger partial charge in [-0.05, 0) is 19.1 Å². The zero-order valence-electron chi connectivity index (χ0n) is 11.8. The summed E-state index contributed by atoms with van der Waals surface area (Å²) in [5.74, 6) is 1.50. The molecule has 0 aliphatic heterocycles. The number of methoxy groups -OCH3 is 1. The topological polar surface area (TPSA) is 48.4 Å². The molecule has 4 nitrogen and oxygen atoms in total. The molecule has 1 aromatic carbocycles. The third-order valence-corrected chi connectivity index (χ3v) is 4.12. The Kier molecular flexibility index (Phi) is 4.74. The fourth-order valence-corrected chi connectivity index (χ4v) is 2.81. The molecule has 1 aromatic heterocycles. The van der Waals surface area contributed by atoms with Gasteiger partial charge in [-0.3, -0.25) is 4.79 Å². The van der Waals surface area contributed by atoms with Gasteiger partial charge < -0.3 is 9.47 Å². The van der Waals surface area contributed by atoms with E-state index in [1.54, 1.807) is 14.0 Å². The van der Waals surface area contributed by atoms with E-state index in [4.69, 9.17) is 9.47 Å². The Hall–Kier alpha value is -1.88. The smallest absolute Gasteiger partial charge is 0.171 e. The van der Waals surface area contributed by atoms with Crippen molar-refractivity contribution in [1.29, 1.82) is 0 Å². The van der Waals surface area contributed by atoms with Crippen molar-refractivity contribution < 1.29 is 14.3 Å². The van der Waals surface area contributed by atoms with Crippen LogP contribution in [0.15, 0.2) is 24.3 Å². The molecular weight excluding hydrogens is 274 g/mol. The molecule has 20 heavy (non-hydrogen) atoms. The van der Waals surface area contributed by atoms with E-state index in [0.29, 0.717) is 18.8 Å². The molecule has 0 aliphatic carbocycles. The molecule has 5 heteroatoms. The van der Waals surface area contributed by atoms with Crippen LogP contribution in [0.5, 0.6) is 11.5 Å². The van der Waals surface area contributed by atoms with Gasteiger partial charge in [0.1, 0.15) is 0 Å². The zero-order valence-corrected chi connectivity index (χ0v) is 12.6. The largest absolute Gasteiger partial charge is 0.493 e. The van der Waals surface area contributed by atoms with Gasteiger partial charge in [0.25, 0.3) is 0 Å². The first-order valence-corrected chi connectivity index (χ1v) is 7.16. The second-order valence-corrected chi connectivity index (χ2v) is 5.41. The highest BCUT2D eigenvalue weighted by Gasteiger charge is 2.11. The monoisotopic (exact) mass is 291 g/mol. The Morgan fingerprint density at radius 2 is 2.00 bits per heavy atom. The van der Waals surface area contributed by atoms with E-state index in [2.05, 4.69) is 4.98 Å². The first-order valence-electron chi connectivity index (χ1n) is 6.35. The van der Waals surface area contributed by atoms with E-state index in [-0.39, 0.29) is 5.78 Å². The molecule has 0 saturated heterocycles.